The van der Waals surface area contributed by atoms with Gasteiger partial charge in [-0.3, -0.25) is 9.59 Å². The first-order valence-electron chi connectivity index (χ1n) is 8.59. The summed E-state index contributed by atoms with van der Waals surface area (Å²) < 4.78 is 19.4. The van der Waals surface area contributed by atoms with Gasteiger partial charge in [-0.15, -0.1) is 0 Å². The minimum Gasteiger partial charge on any atom is -0.451 e. The average molecular weight is 364 g/mol. The van der Waals surface area contributed by atoms with E-state index in [1.807, 2.05) is 25.1 Å². The van der Waals surface area contributed by atoms with Crippen molar-refractivity contribution >= 4 is 17.5 Å². The fourth-order valence-corrected chi connectivity index (χ4v) is 3.14. The fourth-order valence-electron chi connectivity index (χ4n) is 3.14. The highest BCUT2D eigenvalue weighted by atomic mass is 19.1. The number of rotatable bonds is 4. The highest BCUT2D eigenvalue weighted by molar-refractivity contribution is 5.99. The Kier molecular flexibility index (Phi) is 4.24. The zero-order valence-corrected chi connectivity index (χ0v) is 14.6. The normalized spacial score (nSPS) is 13.8. The molecule has 2 amide bonds. The Hall–Kier alpha value is -3.41. The van der Waals surface area contributed by atoms with E-state index in [-0.39, 0.29) is 23.6 Å². The number of benzene rings is 2. The number of nitrogens with one attached hydrogen (secondary N) is 2. The van der Waals surface area contributed by atoms with E-state index in [2.05, 4.69) is 10.6 Å². The molecule has 1 aromatic heterocycles. The van der Waals surface area contributed by atoms with Crippen molar-refractivity contribution in [1.82, 2.24) is 5.32 Å². The number of carbonyl (C=O) groups is 2. The molecule has 3 aromatic rings. The lowest BCUT2D eigenvalue weighted by Gasteiger charge is -2.14. The van der Waals surface area contributed by atoms with Gasteiger partial charge < -0.3 is 15.1 Å². The molecule has 0 fully saturated rings. The third-order valence-electron chi connectivity index (χ3n) is 4.57. The maximum absolute atomic E-state index is 13.9. The van der Waals surface area contributed by atoms with E-state index in [0.717, 1.165) is 16.8 Å². The molecule has 0 radical (unpaired) electrons. The van der Waals surface area contributed by atoms with E-state index in [0.29, 0.717) is 17.7 Å². The Morgan fingerprint density at radius 1 is 1.19 bits per heavy atom. The zero-order valence-electron chi connectivity index (χ0n) is 14.6. The van der Waals surface area contributed by atoms with E-state index >= 15 is 0 Å². The molecule has 27 heavy (non-hydrogen) atoms. The Balaban J connectivity index is 1.49. The van der Waals surface area contributed by atoms with Crippen molar-refractivity contribution in [2.75, 3.05) is 5.32 Å². The molecular formula is C21H17FN2O3. The monoisotopic (exact) mass is 364 g/mol. The molecule has 0 saturated heterocycles. The third kappa shape index (κ3) is 3.33. The molecule has 0 unspecified atom stereocenters. The van der Waals surface area contributed by atoms with Crippen molar-refractivity contribution in [3.63, 3.8) is 0 Å². The maximum atomic E-state index is 13.9. The van der Waals surface area contributed by atoms with Crippen LogP contribution in [0.1, 0.15) is 34.6 Å². The van der Waals surface area contributed by atoms with Crippen molar-refractivity contribution in [2.24, 2.45) is 0 Å². The number of carbonyl (C=O) groups excluding carboxylic acids is 2. The number of hydrogen-bond donors (Lipinski definition) is 2. The highest BCUT2D eigenvalue weighted by Gasteiger charge is 2.21. The molecule has 1 atom stereocenters. The number of halogens is 1. The lowest BCUT2D eigenvalue weighted by Crippen LogP contribution is -2.26. The molecule has 4 rings (SSSR count). The van der Waals surface area contributed by atoms with E-state index in [1.165, 1.54) is 12.1 Å². The average Bonchev–Trinajstić information content (AvgIpc) is 3.27. The van der Waals surface area contributed by atoms with Crippen LogP contribution >= 0.6 is 0 Å². The van der Waals surface area contributed by atoms with Gasteiger partial charge in [0.25, 0.3) is 5.91 Å². The number of fused-ring (bicyclic) bond motifs is 1. The van der Waals surface area contributed by atoms with Crippen LogP contribution in [0.15, 0.2) is 59.0 Å². The molecule has 1 aliphatic heterocycles. The summed E-state index contributed by atoms with van der Waals surface area (Å²) in [4.78, 5) is 23.9. The Morgan fingerprint density at radius 2 is 2.00 bits per heavy atom. The van der Waals surface area contributed by atoms with Gasteiger partial charge in [0.05, 0.1) is 18.0 Å². The van der Waals surface area contributed by atoms with Crippen LogP contribution in [0.25, 0.3) is 11.3 Å². The summed E-state index contributed by atoms with van der Waals surface area (Å²) in [6, 6.07) is 14.7. The Bertz CT molecular complexity index is 1040. The largest absolute Gasteiger partial charge is 0.451 e. The SMILES string of the molecule is C[C@H](NC(=O)c1ccc(-c2ccccc2F)o1)c1ccc2c(c1)CC(=O)N2. The summed E-state index contributed by atoms with van der Waals surface area (Å²) in [6.45, 7) is 1.85. The van der Waals surface area contributed by atoms with Gasteiger partial charge in [0, 0.05) is 5.69 Å². The van der Waals surface area contributed by atoms with E-state index < -0.39 is 5.82 Å². The predicted octanol–water partition coefficient (Wildman–Crippen LogP) is 4.07. The number of anilines is 1. The van der Waals surface area contributed by atoms with Crippen LogP contribution in [0.3, 0.4) is 0 Å². The molecule has 5 nitrogen and oxygen atoms in total. The van der Waals surface area contributed by atoms with Gasteiger partial charge in [-0.25, -0.2) is 4.39 Å². The molecule has 6 heteroatoms. The molecule has 2 N–H and O–H groups in total. The quantitative estimate of drug-likeness (QED) is 0.733. The first-order valence-corrected chi connectivity index (χ1v) is 8.59. The van der Waals surface area contributed by atoms with E-state index in [4.69, 9.17) is 4.42 Å². The second-order valence-corrected chi connectivity index (χ2v) is 6.48. The lowest BCUT2D eigenvalue weighted by molar-refractivity contribution is -0.115. The van der Waals surface area contributed by atoms with Gasteiger partial charge in [-0.05, 0) is 48.4 Å². The molecule has 1 aliphatic rings. The van der Waals surface area contributed by atoms with Crippen LogP contribution in [0, 0.1) is 5.82 Å². The minimum absolute atomic E-state index is 0.0323. The molecule has 2 heterocycles. The Labute approximate surface area is 155 Å². The van der Waals surface area contributed by atoms with Crippen molar-refractivity contribution in [3.8, 4) is 11.3 Å². The standard InChI is InChI=1S/C21H17FN2O3/c1-12(13-6-7-17-14(10-13)11-20(25)24-17)23-21(26)19-9-8-18(27-19)15-4-2-3-5-16(15)22/h2-10,12H,11H2,1H3,(H,23,26)(H,24,25)/t12-/m0/s1. The molecule has 0 bridgehead atoms. The van der Waals surface area contributed by atoms with Crippen LogP contribution in [0.4, 0.5) is 10.1 Å². The van der Waals surface area contributed by atoms with Gasteiger partial charge in [-0.1, -0.05) is 24.3 Å². The van der Waals surface area contributed by atoms with Crippen LogP contribution in [0.5, 0.6) is 0 Å². The molecule has 0 saturated carbocycles. The van der Waals surface area contributed by atoms with Crippen LogP contribution in [-0.4, -0.2) is 11.8 Å². The lowest BCUT2D eigenvalue weighted by atomic mass is 10.0. The maximum Gasteiger partial charge on any atom is 0.287 e. The first kappa shape index (κ1) is 17.0. The van der Waals surface area contributed by atoms with Crippen LogP contribution in [0.2, 0.25) is 0 Å². The van der Waals surface area contributed by atoms with Crippen molar-refractivity contribution in [3.05, 3.63) is 77.3 Å². The van der Waals surface area contributed by atoms with Crippen molar-refractivity contribution < 1.29 is 18.4 Å². The van der Waals surface area contributed by atoms with Crippen molar-refractivity contribution in [1.29, 1.82) is 0 Å². The summed E-state index contributed by atoms with van der Waals surface area (Å²) in [6.07, 6.45) is 0.341. The smallest absolute Gasteiger partial charge is 0.287 e. The van der Waals surface area contributed by atoms with Crippen LogP contribution < -0.4 is 10.6 Å². The molecule has 0 aliphatic carbocycles. The first-order chi connectivity index (χ1) is 13.0. The van der Waals surface area contributed by atoms with E-state index in [9.17, 15) is 14.0 Å². The number of hydrogen-bond acceptors (Lipinski definition) is 3. The topological polar surface area (TPSA) is 71.3 Å². The number of furan rings is 1. The highest BCUT2D eigenvalue weighted by Crippen LogP contribution is 2.27. The predicted molar refractivity (Wildman–Crippen MR) is 98.8 cm³/mol. The van der Waals surface area contributed by atoms with Gasteiger partial charge in [-0.2, -0.15) is 0 Å². The summed E-state index contributed by atoms with van der Waals surface area (Å²) in [5.41, 5.74) is 2.92. The van der Waals surface area contributed by atoms with Crippen molar-refractivity contribution in [2.45, 2.75) is 19.4 Å². The van der Waals surface area contributed by atoms with Crippen LogP contribution in [-0.2, 0) is 11.2 Å². The molecule has 0 spiro atoms. The second kappa shape index (κ2) is 6.72. The second-order valence-electron chi connectivity index (χ2n) is 6.48. The van der Waals surface area contributed by atoms with Gasteiger partial charge in [0.1, 0.15) is 11.6 Å². The minimum atomic E-state index is -0.409. The molecule has 136 valence electrons. The number of amides is 2. The van der Waals surface area contributed by atoms with Gasteiger partial charge >= 0.3 is 0 Å². The fraction of sp³-hybridized carbons (Fsp3) is 0.143. The zero-order chi connectivity index (χ0) is 19.0. The van der Waals surface area contributed by atoms with E-state index in [1.54, 1.807) is 24.3 Å². The summed E-state index contributed by atoms with van der Waals surface area (Å²) in [5.74, 6) is -0.422. The summed E-state index contributed by atoms with van der Waals surface area (Å²) in [5, 5.41) is 5.64. The van der Waals surface area contributed by atoms with Gasteiger partial charge in [0.2, 0.25) is 5.91 Å². The molecule has 2 aromatic carbocycles. The third-order valence-corrected chi connectivity index (χ3v) is 4.57. The summed E-state index contributed by atoms with van der Waals surface area (Å²) in [7, 11) is 0. The Morgan fingerprint density at radius 3 is 2.81 bits per heavy atom. The summed E-state index contributed by atoms with van der Waals surface area (Å²) >= 11 is 0. The molecular weight excluding hydrogens is 347 g/mol. The van der Waals surface area contributed by atoms with Gasteiger partial charge in [0.15, 0.2) is 5.76 Å².